The fourth-order valence-corrected chi connectivity index (χ4v) is 2.00. The fourth-order valence-electron chi connectivity index (χ4n) is 2.00. The lowest BCUT2D eigenvalue weighted by molar-refractivity contribution is 0.473. The summed E-state index contributed by atoms with van der Waals surface area (Å²) in [7, 11) is 0. The zero-order valence-corrected chi connectivity index (χ0v) is 14.3. The van der Waals surface area contributed by atoms with Crippen LogP contribution in [-0.2, 0) is 5.41 Å². The molecule has 0 spiro atoms. The van der Waals surface area contributed by atoms with E-state index in [-0.39, 0.29) is 5.41 Å². The Labute approximate surface area is 134 Å². The van der Waals surface area contributed by atoms with Gasteiger partial charge < -0.3 is 10.2 Å². The first-order chi connectivity index (χ1) is 10.2. The van der Waals surface area contributed by atoms with Crippen molar-refractivity contribution in [2.45, 2.75) is 52.4 Å². The summed E-state index contributed by atoms with van der Waals surface area (Å²) < 4.78 is 0. The van der Waals surface area contributed by atoms with Gasteiger partial charge in [0.2, 0.25) is 0 Å². The molecule has 0 aliphatic heterocycles. The van der Waals surface area contributed by atoms with Gasteiger partial charge in [0.15, 0.2) is 0 Å². The Balaban J connectivity index is 0.000000220. The van der Waals surface area contributed by atoms with Crippen LogP contribution in [0, 0.1) is 0 Å². The number of hydrogen-bond acceptors (Lipinski definition) is 2. The maximum absolute atomic E-state index is 9.02. The molecule has 0 fully saturated rings. The quantitative estimate of drug-likeness (QED) is 0.758. The Morgan fingerprint density at radius 1 is 0.818 bits per heavy atom. The van der Waals surface area contributed by atoms with Gasteiger partial charge in [-0.1, -0.05) is 58.9 Å². The number of rotatable bonds is 2. The highest BCUT2D eigenvalue weighted by atomic mass is 16.3. The molecule has 22 heavy (non-hydrogen) atoms. The summed E-state index contributed by atoms with van der Waals surface area (Å²) in [4.78, 5) is 0. The number of phenolic OH excluding ortho intramolecular Hbond substituents is 2. The second kappa shape index (κ2) is 7.88. The van der Waals surface area contributed by atoms with Crippen LogP contribution in [0.5, 0.6) is 11.5 Å². The van der Waals surface area contributed by atoms with Crippen LogP contribution in [0.25, 0.3) is 0 Å². The molecule has 1 atom stereocenters. The van der Waals surface area contributed by atoms with E-state index >= 15 is 0 Å². The van der Waals surface area contributed by atoms with Gasteiger partial charge in [-0.2, -0.15) is 0 Å². The molecule has 2 aromatic carbocycles. The number of aromatic hydroxyl groups is 2. The zero-order chi connectivity index (χ0) is 16.8. The molecular weight excluding hydrogens is 272 g/mol. The van der Waals surface area contributed by atoms with Crippen LogP contribution >= 0.6 is 0 Å². The van der Waals surface area contributed by atoms with Crippen molar-refractivity contribution in [3.63, 3.8) is 0 Å². The second-order valence-electron chi connectivity index (χ2n) is 6.70. The first-order valence-corrected chi connectivity index (χ1v) is 7.82. The smallest absolute Gasteiger partial charge is 0.115 e. The van der Waals surface area contributed by atoms with Gasteiger partial charge in [0, 0.05) is 0 Å². The summed E-state index contributed by atoms with van der Waals surface area (Å²) in [5.41, 5.74) is 2.72. The molecule has 2 N–H and O–H groups in total. The minimum Gasteiger partial charge on any atom is -0.508 e. The molecule has 120 valence electrons. The molecule has 2 heteroatoms. The number of phenols is 2. The van der Waals surface area contributed by atoms with E-state index in [0.29, 0.717) is 17.4 Å². The van der Waals surface area contributed by atoms with Gasteiger partial charge in [0.25, 0.3) is 0 Å². The van der Waals surface area contributed by atoms with Crippen molar-refractivity contribution in [1.29, 1.82) is 0 Å². The molecule has 0 heterocycles. The van der Waals surface area contributed by atoms with Gasteiger partial charge in [-0.25, -0.2) is 0 Å². The van der Waals surface area contributed by atoms with Crippen LogP contribution in [0.3, 0.4) is 0 Å². The third-order valence-electron chi connectivity index (χ3n) is 3.81. The van der Waals surface area contributed by atoms with Crippen LogP contribution in [0.2, 0.25) is 0 Å². The topological polar surface area (TPSA) is 40.5 Å². The van der Waals surface area contributed by atoms with Gasteiger partial charge in [-0.3, -0.25) is 0 Å². The summed E-state index contributed by atoms with van der Waals surface area (Å²) in [6.07, 6.45) is 1.14. The van der Waals surface area contributed by atoms with Crippen LogP contribution in [-0.4, -0.2) is 10.2 Å². The molecule has 0 saturated carbocycles. The molecule has 0 aliphatic carbocycles. The van der Waals surface area contributed by atoms with Gasteiger partial charge in [-0.05, 0) is 53.1 Å². The normalized spacial score (nSPS) is 12.2. The maximum atomic E-state index is 9.02. The first-order valence-electron chi connectivity index (χ1n) is 7.82. The minimum absolute atomic E-state index is 0.174. The third kappa shape index (κ3) is 5.80. The van der Waals surface area contributed by atoms with Gasteiger partial charge >= 0.3 is 0 Å². The van der Waals surface area contributed by atoms with Crippen molar-refractivity contribution in [3.05, 3.63) is 59.7 Å². The van der Waals surface area contributed by atoms with E-state index in [0.717, 1.165) is 6.42 Å². The van der Waals surface area contributed by atoms with Crippen molar-refractivity contribution in [3.8, 4) is 11.5 Å². The molecule has 0 radical (unpaired) electrons. The third-order valence-corrected chi connectivity index (χ3v) is 3.81. The van der Waals surface area contributed by atoms with Gasteiger partial charge in [0.05, 0.1) is 0 Å². The van der Waals surface area contributed by atoms with Crippen molar-refractivity contribution in [1.82, 2.24) is 0 Å². The Bertz CT molecular complexity index is 548. The van der Waals surface area contributed by atoms with E-state index in [2.05, 4.69) is 34.6 Å². The Hall–Kier alpha value is -1.96. The highest BCUT2D eigenvalue weighted by Gasteiger charge is 2.12. The molecule has 2 aromatic rings. The first kappa shape index (κ1) is 18.1. The van der Waals surface area contributed by atoms with E-state index in [9.17, 15) is 0 Å². The highest BCUT2D eigenvalue weighted by molar-refractivity contribution is 5.30. The molecular formula is C20H28O2. The molecule has 0 bridgehead atoms. The minimum atomic E-state index is 0.174. The van der Waals surface area contributed by atoms with Crippen LogP contribution < -0.4 is 0 Å². The average Bonchev–Trinajstić information content (AvgIpc) is 2.47. The maximum Gasteiger partial charge on any atom is 0.115 e. The highest BCUT2D eigenvalue weighted by Crippen LogP contribution is 2.23. The molecule has 1 unspecified atom stereocenters. The standard InChI is InChI=1S/2C10H14O/c1-10(2,3)8-4-6-9(11)7-5-8;1-3-8(2)9-4-6-10(11)7-5-9/h4-7,11H,1-3H3;4-8,11H,3H2,1-2H3. The summed E-state index contributed by atoms with van der Waals surface area (Å²) in [5.74, 6) is 1.27. The Morgan fingerprint density at radius 2 is 1.23 bits per heavy atom. The van der Waals surface area contributed by atoms with Crippen LogP contribution in [0.15, 0.2) is 48.5 Å². The second-order valence-corrected chi connectivity index (χ2v) is 6.70. The van der Waals surface area contributed by atoms with Gasteiger partial charge in [-0.15, -0.1) is 0 Å². The Kier molecular flexibility index (Phi) is 6.48. The van der Waals surface area contributed by atoms with Crippen molar-refractivity contribution < 1.29 is 10.2 Å². The number of hydrogen-bond donors (Lipinski definition) is 2. The van der Waals surface area contributed by atoms with E-state index in [1.807, 2.05) is 24.3 Å². The van der Waals surface area contributed by atoms with Crippen molar-refractivity contribution in [2.24, 2.45) is 0 Å². The molecule has 2 rings (SSSR count). The van der Waals surface area contributed by atoms with Crippen molar-refractivity contribution >= 4 is 0 Å². The number of benzene rings is 2. The fraction of sp³-hybridized carbons (Fsp3) is 0.400. The van der Waals surface area contributed by atoms with E-state index < -0.39 is 0 Å². The molecule has 0 aliphatic rings. The predicted octanol–water partition coefficient (Wildman–Crippen LogP) is 5.60. The van der Waals surface area contributed by atoms with Crippen LogP contribution in [0.1, 0.15) is 58.1 Å². The van der Waals surface area contributed by atoms with Gasteiger partial charge in [0.1, 0.15) is 11.5 Å². The molecule has 0 aromatic heterocycles. The van der Waals surface area contributed by atoms with E-state index in [1.54, 1.807) is 24.3 Å². The van der Waals surface area contributed by atoms with Crippen molar-refractivity contribution in [2.75, 3.05) is 0 Å². The summed E-state index contributed by atoms with van der Waals surface area (Å²) >= 11 is 0. The lowest BCUT2D eigenvalue weighted by atomic mass is 9.87. The lowest BCUT2D eigenvalue weighted by Gasteiger charge is -2.18. The molecule has 0 amide bonds. The van der Waals surface area contributed by atoms with E-state index in [4.69, 9.17) is 10.2 Å². The average molecular weight is 300 g/mol. The monoisotopic (exact) mass is 300 g/mol. The van der Waals surface area contributed by atoms with Crippen LogP contribution in [0.4, 0.5) is 0 Å². The summed E-state index contributed by atoms with van der Waals surface area (Å²) in [5, 5.41) is 18.0. The SMILES string of the molecule is CC(C)(C)c1ccc(O)cc1.CCC(C)c1ccc(O)cc1. The lowest BCUT2D eigenvalue weighted by Crippen LogP contribution is -2.10. The molecule has 2 nitrogen and oxygen atoms in total. The zero-order valence-electron chi connectivity index (χ0n) is 14.3. The molecule has 0 saturated heterocycles. The summed E-state index contributed by atoms with van der Waals surface area (Å²) in [6, 6.07) is 14.8. The van der Waals surface area contributed by atoms with E-state index in [1.165, 1.54) is 11.1 Å². The predicted molar refractivity (Wildman–Crippen MR) is 93.6 cm³/mol. The largest absolute Gasteiger partial charge is 0.508 e. The summed E-state index contributed by atoms with van der Waals surface area (Å²) in [6.45, 7) is 10.8. The Morgan fingerprint density at radius 3 is 1.59 bits per heavy atom.